The maximum atomic E-state index is 5.22. The molecule has 3 heteroatoms. The minimum Gasteiger partial charge on any atom is -0.298 e. The van der Waals surface area contributed by atoms with Crippen molar-refractivity contribution in [2.45, 2.75) is 32.6 Å². The number of pyridine rings is 2. The Hall–Kier alpha value is -5.02. The number of aryl methyl sites for hydroxylation is 1. The Kier molecular flexibility index (Phi) is 6.18. The predicted molar refractivity (Wildman–Crippen MR) is 178 cm³/mol. The van der Waals surface area contributed by atoms with Gasteiger partial charge < -0.3 is 0 Å². The number of para-hydroxylation sites is 1. The van der Waals surface area contributed by atoms with Crippen LogP contribution in [0, 0.1) is 12.8 Å². The molecule has 0 N–H and O–H groups in total. The summed E-state index contributed by atoms with van der Waals surface area (Å²) in [5, 5.41) is 1.21. The Balaban J connectivity index is 1.33. The van der Waals surface area contributed by atoms with Crippen molar-refractivity contribution in [1.82, 2.24) is 14.5 Å². The molecule has 0 aliphatic heterocycles. The fraction of sp³-hybridized carbons (Fsp3) is 0.150. The lowest BCUT2D eigenvalue weighted by Gasteiger charge is -2.37. The van der Waals surface area contributed by atoms with Crippen molar-refractivity contribution in [2.75, 3.05) is 0 Å². The van der Waals surface area contributed by atoms with Crippen molar-refractivity contribution in [2.24, 2.45) is 5.92 Å². The molecule has 2 unspecified atom stereocenters. The van der Waals surface area contributed by atoms with Crippen LogP contribution >= 0.6 is 0 Å². The minimum atomic E-state index is 0.157. The van der Waals surface area contributed by atoms with Crippen LogP contribution in [-0.2, 0) is 6.42 Å². The van der Waals surface area contributed by atoms with E-state index < -0.39 is 0 Å². The first-order valence-electron chi connectivity index (χ1n) is 15.3. The van der Waals surface area contributed by atoms with E-state index in [4.69, 9.17) is 9.97 Å². The van der Waals surface area contributed by atoms with Gasteiger partial charge in [0.2, 0.25) is 0 Å². The molecule has 3 nitrogen and oxygen atoms in total. The van der Waals surface area contributed by atoms with Crippen LogP contribution in [0.15, 0.2) is 127 Å². The summed E-state index contributed by atoms with van der Waals surface area (Å²) >= 11 is 0. The topological polar surface area (TPSA) is 30.7 Å². The average Bonchev–Trinajstić information content (AvgIpc) is 3.39. The van der Waals surface area contributed by atoms with Gasteiger partial charge in [0.05, 0.1) is 5.69 Å². The molecule has 0 amide bonds. The first-order valence-corrected chi connectivity index (χ1v) is 15.3. The van der Waals surface area contributed by atoms with Crippen LogP contribution in [0.2, 0.25) is 0 Å². The second-order valence-corrected chi connectivity index (χ2v) is 11.7. The van der Waals surface area contributed by atoms with Crippen LogP contribution in [0.1, 0.15) is 58.6 Å². The summed E-state index contributed by atoms with van der Waals surface area (Å²) in [4.78, 5) is 10.1. The van der Waals surface area contributed by atoms with Crippen LogP contribution < -0.4 is 0 Å². The maximum absolute atomic E-state index is 5.22. The number of allylic oxidation sites excluding steroid dienone is 8. The first kappa shape index (κ1) is 25.7. The first-order chi connectivity index (χ1) is 21.2. The largest absolute Gasteiger partial charge is 0.298 e. The van der Waals surface area contributed by atoms with Gasteiger partial charge in [-0.1, -0.05) is 78.9 Å². The number of hydrogen-bond acceptors (Lipinski definition) is 2. The lowest BCUT2D eigenvalue weighted by molar-refractivity contribution is 0.630. The van der Waals surface area contributed by atoms with Crippen LogP contribution in [-0.4, -0.2) is 14.5 Å². The van der Waals surface area contributed by atoms with Crippen molar-refractivity contribution in [1.29, 1.82) is 0 Å². The molecule has 8 rings (SSSR count). The third-order valence-electron chi connectivity index (χ3n) is 9.23. The molecule has 43 heavy (non-hydrogen) atoms. The van der Waals surface area contributed by atoms with Gasteiger partial charge in [0.25, 0.3) is 0 Å². The molecule has 2 atom stereocenters. The summed E-state index contributed by atoms with van der Waals surface area (Å²) in [6.45, 7) is 4.20. The lowest BCUT2D eigenvalue weighted by Crippen LogP contribution is -2.24. The van der Waals surface area contributed by atoms with Crippen molar-refractivity contribution >= 4 is 28.8 Å². The quantitative estimate of drug-likeness (QED) is 0.221. The van der Waals surface area contributed by atoms with Gasteiger partial charge in [-0.05, 0) is 103 Å². The molecule has 0 bridgehead atoms. The zero-order valence-electron chi connectivity index (χ0n) is 24.5. The summed E-state index contributed by atoms with van der Waals surface area (Å²) in [7, 11) is 0. The van der Waals surface area contributed by atoms with E-state index in [9.17, 15) is 0 Å². The van der Waals surface area contributed by atoms with Crippen molar-refractivity contribution < 1.29 is 0 Å². The molecule has 2 aromatic carbocycles. The van der Waals surface area contributed by atoms with Crippen molar-refractivity contribution in [3.05, 3.63) is 166 Å². The SMILES string of the molecule is C/C=C\c1nc(C2c3ccccc3C(C3=Cc4c(n(-c5ccccc5)c5ncccc45)CC3)=C3C=CC=CC32)ccc1C. The Morgan fingerprint density at radius 2 is 1.74 bits per heavy atom. The smallest absolute Gasteiger partial charge is 0.145 e. The van der Waals surface area contributed by atoms with Crippen LogP contribution in [0.25, 0.3) is 34.4 Å². The van der Waals surface area contributed by atoms with Gasteiger partial charge in [-0.25, -0.2) is 4.98 Å². The van der Waals surface area contributed by atoms with E-state index in [1.165, 1.54) is 55.7 Å². The molecule has 5 aromatic rings. The monoisotopic (exact) mass is 555 g/mol. The highest BCUT2D eigenvalue weighted by Crippen LogP contribution is 2.51. The van der Waals surface area contributed by atoms with Gasteiger partial charge in [-0.3, -0.25) is 9.55 Å². The Morgan fingerprint density at radius 1 is 0.884 bits per heavy atom. The number of benzene rings is 2. The van der Waals surface area contributed by atoms with Gasteiger partial charge in [-0.2, -0.15) is 0 Å². The molecule has 0 spiro atoms. The molecule has 3 aliphatic carbocycles. The summed E-state index contributed by atoms with van der Waals surface area (Å²) in [6, 6.07) is 28.4. The fourth-order valence-corrected chi connectivity index (χ4v) is 7.35. The highest BCUT2D eigenvalue weighted by atomic mass is 15.1. The Morgan fingerprint density at radius 3 is 2.63 bits per heavy atom. The molecule has 3 heterocycles. The molecule has 3 aromatic heterocycles. The van der Waals surface area contributed by atoms with Crippen LogP contribution in [0.4, 0.5) is 0 Å². The van der Waals surface area contributed by atoms with Crippen LogP contribution in [0.5, 0.6) is 0 Å². The van der Waals surface area contributed by atoms with Crippen molar-refractivity contribution in [3.63, 3.8) is 0 Å². The van der Waals surface area contributed by atoms with E-state index in [0.29, 0.717) is 0 Å². The molecule has 0 saturated carbocycles. The van der Waals surface area contributed by atoms with Gasteiger partial charge in [0, 0.05) is 46.1 Å². The molecular formula is C40H33N3. The van der Waals surface area contributed by atoms with Crippen molar-refractivity contribution in [3.8, 4) is 5.69 Å². The third kappa shape index (κ3) is 4.11. The second kappa shape index (κ2) is 10.4. The number of rotatable bonds is 4. The molecule has 0 fully saturated rings. The normalized spacial score (nSPS) is 19.0. The number of nitrogens with zero attached hydrogens (tertiary/aromatic N) is 3. The molecule has 0 radical (unpaired) electrons. The van der Waals surface area contributed by atoms with E-state index >= 15 is 0 Å². The second-order valence-electron chi connectivity index (χ2n) is 11.7. The molecule has 208 valence electrons. The zero-order valence-corrected chi connectivity index (χ0v) is 24.5. The fourth-order valence-electron chi connectivity index (χ4n) is 7.35. The van der Waals surface area contributed by atoms with Gasteiger partial charge in [0.1, 0.15) is 5.65 Å². The molecule has 3 aliphatic rings. The highest BCUT2D eigenvalue weighted by molar-refractivity contribution is 5.98. The van der Waals surface area contributed by atoms with E-state index in [2.05, 4.69) is 140 Å². The third-order valence-corrected chi connectivity index (χ3v) is 9.23. The molecular weight excluding hydrogens is 522 g/mol. The standard InChI is InChI=1S/C40H33N3/c1-3-12-35-26(2)20-22-36(42-35)39-31-17-9-7-15-29(31)38(30-16-8-10-18-32(30)39)27-21-23-37-34(25-27)33-19-11-24-41-40(33)43(37)28-13-5-4-6-14-28/h3-20,22,24-25,31,39H,21,23H2,1-2H3/b12-3-. The predicted octanol–water partition coefficient (Wildman–Crippen LogP) is 9.43. The lowest BCUT2D eigenvalue weighted by atomic mass is 9.66. The Bertz CT molecular complexity index is 2050. The summed E-state index contributed by atoms with van der Waals surface area (Å²) < 4.78 is 2.36. The molecule has 0 saturated heterocycles. The average molecular weight is 556 g/mol. The maximum Gasteiger partial charge on any atom is 0.145 e. The summed E-state index contributed by atoms with van der Waals surface area (Å²) in [5.74, 6) is 0.378. The summed E-state index contributed by atoms with van der Waals surface area (Å²) in [6.07, 6.45) is 19.6. The minimum absolute atomic E-state index is 0.157. The highest BCUT2D eigenvalue weighted by Gasteiger charge is 2.37. The summed E-state index contributed by atoms with van der Waals surface area (Å²) in [5.41, 5.74) is 15.1. The van der Waals surface area contributed by atoms with Gasteiger partial charge in [0.15, 0.2) is 0 Å². The van der Waals surface area contributed by atoms with Crippen LogP contribution in [0.3, 0.4) is 0 Å². The number of hydrogen-bond donors (Lipinski definition) is 0. The van der Waals surface area contributed by atoms with Gasteiger partial charge in [-0.15, -0.1) is 0 Å². The van der Waals surface area contributed by atoms with E-state index in [0.717, 1.165) is 29.9 Å². The zero-order chi connectivity index (χ0) is 28.9. The Labute approximate surface area is 253 Å². The van der Waals surface area contributed by atoms with Gasteiger partial charge >= 0.3 is 0 Å². The van der Waals surface area contributed by atoms with E-state index in [1.54, 1.807) is 0 Å². The van der Waals surface area contributed by atoms with E-state index in [1.807, 2.05) is 6.20 Å². The number of aromatic nitrogens is 3. The van der Waals surface area contributed by atoms with E-state index in [-0.39, 0.29) is 11.8 Å². The number of fused-ring (bicyclic) bond motifs is 5.